The Kier molecular flexibility index (Phi) is 2.27. The molecule has 0 saturated carbocycles. The lowest BCUT2D eigenvalue weighted by molar-refractivity contribution is 0.899. The number of nitrogens with two attached hydrogens (primary N) is 1. The van der Waals surface area contributed by atoms with E-state index in [0.717, 1.165) is 22.3 Å². The van der Waals surface area contributed by atoms with Crippen LogP contribution in [0.1, 0.15) is 11.4 Å². The summed E-state index contributed by atoms with van der Waals surface area (Å²) in [6, 6.07) is 5.66. The fraction of sp³-hybridized carbons (Fsp3) is 0.0769. The summed E-state index contributed by atoms with van der Waals surface area (Å²) >= 11 is 0. The molecule has 0 aliphatic carbocycles. The highest BCUT2D eigenvalue weighted by atomic mass is 15.1. The van der Waals surface area contributed by atoms with Crippen molar-refractivity contribution in [2.45, 2.75) is 0 Å². The Labute approximate surface area is 104 Å². The van der Waals surface area contributed by atoms with Gasteiger partial charge in [-0.1, -0.05) is 6.07 Å². The lowest BCUT2D eigenvalue weighted by atomic mass is 10.2. The lowest BCUT2D eigenvalue weighted by Gasteiger charge is -1.92. The number of nitrogen functional groups attached to an aromatic ring is 1. The molecule has 0 radical (unpaired) electrons. The molecule has 0 aliphatic rings. The topological polar surface area (TPSA) is 72.5 Å². The number of benzene rings is 1. The molecule has 0 bridgehead atoms. The van der Waals surface area contributed by atoms with E-state index >= 15 is 0 Å². The molecular formula is C13H11N5. The molecule has 5 nitrogen and oxygen atoms in total. The van der Waals surface area contributed by atoms with Crippen molar-refractivity contribution in [2.24, 2.45) is 7.05 Å². The zero-order chi connectivity index (χ0) is 12.5. The van der Waals surface area contributed by atoms with Crippen molar-refractivity contribution in [3.05, 3.63) is 42.1 Å². The highest BCUT2D eigenvalue weighted by Gasteiger charge is 2.04. The highest BCUT2D eigenvalue weighted by molar-refractivity contribution is 5.92. The summed E-state index contributed by atoms with van der Waals surface area (Å²) in [5, 5.41) is 8.00. The first-order chi connectivity index (χ1) is 8.75. The SMILES string of the molecule is Cn1cncc1C#Cc1[nH]nc2c(N)cccc12. The number of aromatic amines is 1. The van der Waals surface area contributed by atoms with Gasteiger partial charge in [-0.2, -0.15) is 5.10 Å². The molecular weight excluding hydrogens is 226 g/mol. The second kappa shape index (κ2) is 3.93. The first kappa shape index (κ1) is 10.4. The van der Waals surface area contributed by atoms with Gasteiger partial charge >= 0.3 is 0 Å². The van der Waals surface area contributed by atoms with Crippen molar-refractivity contribution in [1.82, 2.24) is 19.7 Å². The molecule has 5 heteroatoms. The van der Waals surface area contributed by atoms with E-state index in [4.69, 9.17) is 5.73 Å². The molecule has 88 valence electrons. The average molecular weight is 237 g/mol. The molecule has 0 atom stereocenters. The van der Waals surface area contributed by atoms with Gasteiger partial charge < -0.3 is 10.3 Å². The maximum atomic E-state index is 5.84. The molecule has 3 N–H and O–H groups in total. The number of hydrogen-bond acceptors (Lipinski definition) is 3. The quantitative estimate of drug-likeness (QED) is 0.457. The average Bonchev–Trinajstić information content (AvgIpc) is 2.94. The Hall–Kier alpha value is -2.74. The van der Waals surface area contributed by atoms with E-state index in [0.29, 0.717) is 5.69 Å². The number of imidazole rings is 1. The van der Waals surface area contributed by atoms with Crippen LogP contribution in [0.25, 0.3) is 10.9 Å². The van der Waals surface area contributed by atoms with Gasteiger partial charge in [0.1, 0.15) is 16.9 Å². The molecule has 0 saturated heterocycles. The number of rotatable bonds is 0. The molecule has 0 unspecified atom stereocenters. The Balaban J connectivity index is 2.09. The first-order valence-corrected chi connectivity index (χ1v) is 5.46. The minimum atomic E-state index is 0.650. The van der Waals surface area contributed by atoms with E-state index in [1.807, 2.05) is 29.8 Å². The largest absolute Gasteiger partial charge is 0.397 e. The van der Waals surface area contributed by atoms with E-state index in [1.54, 1.807) is 12.5 Å². The van der Waals surface area contributed by atoms with Gasteiger partial charge in [0.25, 0.3) is 0 Å². The van der Waals surface area contributed by atoms with E-state index in [-0.39, 0.29) is 0 Å². The first-order valence-electron chi connectivity index (χ1n) is 5.46. The molecule has 1 aromatic carbocycles. The monoisotopic (exact) mass is 237 g/mol. The predicted octanol–water partition coefficient (Wildman–Crippen LogP) is 1.28. The Bertz CT molecular complexity index is 769. The minimum absolute atomic E-state index is 0.650. The van der Waals surface area contributed by atoms with Gasteiger partial charge in [0.15, 0.2) is 0 Å². The van der Waals surface area contributed by atoms with Gasteiger partial charge in [-0.3, -0.25) is 5.10 Å². The number of aryl methyl sites for hydroxylation is 1. The number of hydrogen-bond donors (Lipinski definition) is 2. The van der Waals surface area contributed by atoms with Crippen LogP contribution in [0.3, 0.4) is 0 Å². The van der Waals surface area contributed by atoms with Gasteiger partial charge in [-0.15, -0.1) is 0 Å². The number of nitrogens with zero attached hydrogens (tertiary/aromatic N) is 3. The highest BCUT2D eigenvalue weighted by Crippen LogP contribution is 2.20. The molecule has 18 heavy (non-hydrogen) atoms. The van der Waals surface area contributed by atoms with E-state index in [2.05, 4.69) is 27.0 Å². The molecule has 2 aromatic heterocycles. The van der Waals surface area contributed by atoms with Crippen LogP contribution in [0.2, 0.25) is 0 Å². The number of H-pyrrole nitrogens is 1. The van der Waals surface area contributed by atoms with Crippen molar-refractivity contribution < 1.29 is 0 Å². The maximum Gasteiger partial charge on any atom is 0.116 e. The third kappa shape index (κ3) is 1.60. The van der Waals surface area contributed by atoms with Crippen LogP contribution >= 0.6 is 0 Å². The van der Waals surface area contributed by atoms with Crippen LogP contribution in [-0.4, -0.2) is 19.7 Å². The summed E-state index contributed by atoms with van der Waals surface area (Å²) in [5.41, 5.74) is 8.86. The maximum absolute atomic E-state index is 5.84. The summed E-state index contributed by atoms with van der Waals surface area (Å²) in [7, 11) is 1.90. The number of nitrogens with one attached hydrogen (secondary N) is 1. The lowest BCUT2D eigenvalue weighted by Crippen LogP contribution is -1.88. The molecule has 0 aliphatic heterocycles. The fourth-order valence-electron chi connectivity index (χ4n) is 1.76. The summed E-state index contributed by atoms with van der Waals surface area (Å²) in [5.74, 6) is 6.10. The van der Waals surface area contributed by atoms with Crippen LogP contribution in [0.4, 0.5) is 5.69 Å². The van der Waals surface area contributed by atoms with Crippen molar-refractivity contribution >= 4 is 16.6 Å². The third-order valence-electron chi connectivity index (χ3n) is 2.75. The standard InChI is InChI=1S/C13H11N5/c1-18-8-15-7-9(18)5-6-12-10-3-2-4-11(14)13(10)17-16-12/h2-4,7-8H,14H2,1H3,(H,16,17). The second-order valence-electron chi connectivity index (χ2n) is 3.98. The van der Waals surface area contributed by atoms with Gasteiger partial charge in [0.05, 0.1) is 18.2 Å². The van der Waals surface area contributed by atoms with Crippen LogP contribution in [-0.2, 0) is 7.05 Å². The third-order valence-corrected chi connectivity index (χ3v) is 2.75. The molecule has 2 heterocycles. The molecule has 3 rings (SSSR count). The Morgan fingerprint density at radius 1 is 1.33 bits per heavy atom. The molecule has 3 aromatic rings. The van der Waals surface area contributed by atoms with E-state index < -0.39 is 0 Å². The van der Waals surface area contributed by atoms with Crippen molar-refractivity contribution in [3.8, 4) is 11.8 Å². The van der Waals surface area contributed by atoms with Crippen LogP contribution < -0.4 is 5.73 Å². The Morgan fingerprint density at radius 2 is 2.22 bits per heavy atom. The van der Waals surface area contributed by atoms with Crippen molar-refractivity contribution in [2.75, 3.05) is 5.73 Å². The Morgan fingerprint density at radius 3 is 3.00 bits per heavy atom. The van der Waals surface area contributed by atoms with Gasteiger partial charge in [-0.05, 0) is 24.0 Å². The second-order valence-corrected chi connectivity index (χ2v) is 3.98. The summed E-state index contributed by atoms with van der Waals surface area (Å²) in [6.07, 6.45) is 3.44. The zero-order valence-electron chi connectivity index (χ0n) is 9.81. The summed E-state index contributed by atoms with van der Waals surface area (Å²) < 4.78 is 1.86. The normalized spacial score (nSPS) is 10.3. The van der Waals surface area contributed by atoms with E-state index in [9.17, 15) is 0 Å². The minimum Gasteiger partial charge on any atom is -0.397 e. The number of fused-ring (bicyclic) bond motifs is 1. The van der Waals surface area contributed by atoms with Gasteiger partial charge in [0.2, 0.25) is 0 Å². The summed E-state index contributed by atoms with van der Waals surface area (Å²) in [6.45, 7) is 0. The number of aromatic nitrogens is 4. The zero-order valence-corrected chi connectivity index (χ0v) is 9.81. The fourth-order valence-corrected chi connectivity index (χ4v) is 1.76. The molecule has 0 spiro atoms. The van der Waals surface area contributed by atoms with Gasteiger partial charge in [0, 0.05) is 12.4 Å². The smallest absolute Gasteiger partial charge is 0.116 e. The van der Waals surface area contributed by atoms with Crippen LogP contribution in [0.15, 0.2) is 30.7 Å². The number of anilines is 1. The van der Waals surface area contributed by atoms with Gasteiger partial charge in [-0.25, -0.2) is 4.98 Å². The number of para-hydroxylation sites is 1. The van der Waals surface area contributed by atoms with Crippen LogP contribution in [0.5, 0.6) is 0 Å². The molecule has 0 amide bonds. The van der Waals surface area contributed by atoms with Crippen molar-refractivity contribution in [1.29, 1.82) is 0 Å². The van der Waals surface area contributed by atoms with E-state index in [1.165, 1.54) is 0 Å². The molecule has 0 fully saturated rings. The summed E-state index contributed by atoms with van der Waals surface area (Å²) in [4.78, 5) is 4.01. The van der Waals surface area contributed by atoms with Crippen LogP contribution in [0, 0.1) is 11.8 Å². The predicted molar refractivity (Wildman–Crippen MR) is 69.7 cm³/mol. The van der Waals surface area contributed by atoms with Crippen molar-refractivity contribution in [3.63, 3.8) is 0 Å².